The number of benzene rings is 3. The van der Waals surface area contributed by atoms with Crippen LogP contribution in [0.25, 0.3) is 11.1 Å². The van der Waals surface area contributed by atoms with E-state index in [2.05, 4.69) is 90.0 Å². The standard InChI is InChI=1S/C23H21N/c1-3-8-20(9-4-1)17-19-24-18-7-10-21-13-15-23(16-14-21)22-11-5-2-6-12-22/h1-6,8-9,11-16,24H,17-19H2. The molecule has 0 spiro atoms. The normalized spacial score (nSPS) is 10.0. The highest BCUT2D eigenvalue weighted by molar-refractivity contribution is 5.64. The van der Waals surface area contributed by atoms with Crippen molar-refractivity contribution >= 4 is 0 Å². The van der Waals surface area contributed by atoms with Gasteiger partial charge in [-0.1, -0.05) is 84.6 Å². The minimum Gasteiger partial charge on any atom is -0.306 e. The zero-order chi connectivity index (χ0) is 16.5. The summed E-state index contributed by atoms with van der Waals surface area (Å²) in [7, 11) is 0. The highest BCUT2D eigenvalue weighted by Gasteiger charge is 1.95. The van der Waals surface area contributed by atoms with Crippen molar-refractivity contribution in [2.24, 2.45) is 0 Å². The summed E-state index contributed by atoms with van der Waals surface area (Å²) in [6, 6.07) is 29.3. The van der Waals surface area contributed by atoms with Crippen molar-refractivity contribution in [2.75, 3.05) is 13.1 Å². The monoisotopic (exact) mass is 311 g/mol. The van der Waals surface area contributed by atoms with Gasteiger partial charge < -0.3 is 5.32 Å². The van der Waals surface area contributed by atoms with Crippen LogP contribution in [0.2, 0.25) is 0 Å². The average Bonchev–Trinajstić information content (AvgIpc) is 2.67. The van der Waals surface area contributed by atoms with Crippen LogP contribution < -0.4 is 5.32 Å². The van der Waals surface area contributed by atoms with Crippen LogP contribution in [-0.2, 0) is 6.42 Å². The zero-order valence-corrected chi connectivity index (χ0v) is 13.7. The fraction of sp³-hybridized carbons (Fsp3) is 0.130. The Balaban J connectivity index is 1.46. The van der Waals surface area contributed by atoms with Gasteiger partial charge in [0.15, 0.2) is 0 Å². The van der Waals surface area contributed by atoms with Gasteiger partial charge in [0.05, 0.1) is 6.54 Å². The molecule has 3 aromatic rings. The van der Waals surface area contributed by atoms with Gasteiger partial charge in [-0.3, -0.25) is 0 Å². The molecule has 24 heavy (non-hydrogen) atoms. The molecule has 0 unspecified atom stereocenters. The molecule has 0 amide bonds. The quantitative estimate of drug-likeness (QED) is 0.539. The van der Waals surface area contributed by atoms with Crippen molar-refractivity contribution in [1.82, 2.24) is 5.32 Å². The summed E-state index contributed by atoms with van der Waals surface area (Å²) in [4.78, 5) is 0. The third-order valence-corrected chi connectivity index (χ3v) is 3.87. The third kappa shape index (κ3) is 4.84. The lowest BCUT2D eigenvalue weighted by Crippen LogP contribution is -2.17. The van der Waals surface area contributed by atoms with E-state index in [1.54, 1.807) is 0 Å². The van der Waals surface area contributed by atoms with Crippen LogP contribution in [0.4, 0.5) is 0 Å². The molecule has 0 saturated carbocycles. The largest absolute Gasteiger partial charge is 0.306 e. The maximum atomic E-state index is 3.37. The van der Waals surface area contributed by atoms with Crippen LogP contribution in [0, 0.1) is 11.8 Å². The molecule has 118 valence electrons. The van der Waals surface area contributed by atoms with E-state index in [0.29, 0.717) is 6.54 Å². The van der Waals surface area contributed by atoms with Crippen molar-refractivity contribution in [1.29, 1.82) is 0 Å². The number of nitrogens with one attached hydrogen (secondary N) is 1. The van der Waals surface area contributed by atoms with Gasteiger partial charge in [0.25, 0.3) is 0 Å². The van der Waals surface area contributed by atoms with E-state index in [1.165, 1.54) is 16.7 Å². The Kier molecular flexibility index (Phi) is 5.83. The SMILES string of the molecule is C(#Cc1ccc(-c2ccccc2)cc1)CNCCc1ccccc1. The van der Waals surface area contributed by atoms with E-state index >= 15 is 0 Å². The Bertz CT molecular complexity index is 793. The van der Waals surface area contributed by atoms with E-state index in [-0.39, 0.29) is 0 Å². The lowest BCUT2D eigenvalue weighted by molar-refractivity contribution is 0.753. The second-order valence-electron chi connectivity index (χ2n) is 5.66. The Morgan fingerprint density at radius 1 is 0.667 bits per heavy atom. The Morgan fingerprint density at radius 2 is 1.29 bits per heavy atom. The molecular formula is C23H21N. The molecule has 0 aliphatic rings. The van der Waals surface area contributed by atoms with Crippen molar-refractivity contribution in [3.8, 4) is 23.0 Å². The molecule has 1 nitrogen and oxygen atoms in total. The Hall–Kier alpha value is -2.82. The predicted octanol–water partition coefficient (Wildman–Crippen LogP) is 4.54. The maximum Gasteiger partial charge on any atom is 0.0580 e. The Morgan fingerprint density at radius 3 is 2.00 bits per heavy atom. The highest BCUT2D eigenvalue weighted by Crippen LogP contribution is 2.18. The van der Waals surface area contributed by atoms with Crippen LogP contribution in [0.5, 0.6) is 0 Å². The van der Waals surface area contributed by atoms with Crippen LogP contribution in [0.3, 0.4) is 0 Å². The molecule has 3 aromatic carbocycles. The van der Waals surface area contributed by atoms with E-state index in [1.807, 2.05) is 12.1 Å². The van der Waals surface area contributed by atoms with Gasteiger partial charge in [-0.05, 0) is 35.2 Å². The fourth-order valence-corrected chi connectivity index (χ4v) is 2.55. The summed E-state index contributed by atoms with van der Waals surface area (Å²) in [6.45, 7) is 1.67. The highest BCUT2D eigenvalue weighted by atomic mass is 14.8. The van der Waals surface area contributed by atoms with E-state index in [0.717, 1.165) is 18.5 Å². The van der Waals surface area contributed by atoms with E-state index < -0.39 is 0 Å². The minimum absolute atomic E-state index is 0.716. The average molecular weight is 311 g/mol. The van der Waals surface area contributed by atoms with Gasteiger partial charge in [0.1, 0.15) is 0 Å². The summed E-state index contributed by atoms with van der Waals surface area (Å²) in [6.07, 6.45) is 1.04. The summed E-state index contributed by atoms with van der Waals surface area (Å²) in [5.41, 5.74) is 4.87. The molecule has 0 atom stereocenters. The van der Waals surface area contributed by atoms with Gasteiger partial charge >= 0.3 is 0 Å². The van der Waals surface area contributed by atoms with Crippen molar-refractivity contribution in [3.05, 3.63) is 96.1 Å². The third-order valence-electron chi connectivity index (χ3n) is 3.87. The van der Waals surface area contributed by atoms with Crippen molar-refractivity contribution < 1.29 is 0 Å². The first-order valence-corrected chi connectivity index (χ1v) is 8.31. The smallest absolute Gasteiger partial charge is 0.0580 e. The topological polar surface area (TPSA) is 12.0 Å². The molecule has 0 aliphatic carbocycles. The molecular weight excluding hydrogens is 290 g/mol. The molecule has 0 heterocycles. The molecule has 0 bridgehead atoms. The maximum absolute atomic E-state index is 3.37. The van der Waals surface area contributed by atoms with Crippen molar-refractivity contribution in [2.45, 2.75) is 6.42 Å². The predicted molar refractivity (Wildman–Crippen MR) is 102 cm³/mol. The van der Waals surface area contributed by atoms with Gasteiger partial charge in [-0.2, -0.15) is 0 Å². The lowest BCUT2D eigenvalue weighted by atomic mass is 10.0. The molecule has 0 radical (unpaired) electrons. The summed E-state index contributed by atoms with van der Waals surface area (Å²) in [5.74, 6) is 6.40. The molecule has 1 heteroatoms. The number of hydrogen-bond acceptors (Lipinski definition) is 1. The van der Waals surface area contributed by atoms with E-state index in [4.69, 9.17) is 0 Å². The van der Waals surface area contributed by atoms with Gasteiger partial charge in [0, 0.05) is 12.1 Å². The minimum atomic E-state index is 0.716. The molecule has 1 N–H and O–H groups in total. The molecule has 0 saturated heterocycles. The zero-order valence-electron chi connectivity index (χ0n) is 13.7. The first-order chi connectivity index (χ1) is 11.9. The molecule has 0 fully saturated rings. The summed E-state index contributed by atoms with van der Waals surface area (Å²) in [5, 5.41) is 3.37. The number of hydrogen-bond donors (Lipinski definition) is 1. The number of rotatable bonds is 5. The van der Waals surface area contributed by atoms with Crippen LogP contribution in [0.15, 0.2) is 84.9 Å². The summed E-state index contributed by atoms with van der Waals surface area (Å²) < 4.78 is 0. The van der Waals surface area contributed by atoms with Crippen LogP contribution >= 0.6 is 0 Å². The second-order valence-corrected chi connectivity index (χ2v) is 5.66. The van der Waals surface area contributed by atoms with Crippen molar-refractivity contribution in [3.63, 3.8) is 0 Å². The first kappa shape index (κ1) is 16.1. The van der Waals surface area contributed by atoms with E-state index in [9.17, 15) is 0 Å². The molecule has 3 rings (SSSR count). The lowest BCUT2D eigenvalue weighted by Gasteiger charge is -2.01. The molecule has 0 aliphatic heterocycles. The van der Waals surface area contributed by atoms with Gasteiger partial charge in [0.2, 0.25) is 0 Å². The van der Waals surface area contributed by atoms with Crippen LogP contribution in [-0.4, -0.2) is 13.1 Å². The van der Waals surface area contributed by atoms with Gasteiger partial charge in [-0.15, -0.1) is 0 Å². The molecule has 0 aromatic heterocycles. The van der Waals surface area contributed by atoms with Gasteiger partial charge in [-0.25, -0.2) is 0 Å². The second kappa shape index (κ2) is 8.72. The first-order valence-electron chi connectivity index (χ1n) is 8.31. The summed E-state index contributed by atoms with van der Waals surface area (Å²) >= 11 is 0. The fourth-order valence-electron chi connectivity index (χ4n) is 2.55. The Labute approximate surface area is 144 Å². The van der Waals surface area contributed by atoms with Crippen LogP contribution in [0.1, 0.15) is 11.1 Å².